The zero-order valence-corrected chi connectivity index (χ0v) is 18.6. The average Bonchev–Trinajstić information content (AvgIpc) is 3.42. The molecule has 1 aromatic carbocycles. The lowest BCUT2D eigenvalue weighted by molar-refractivity contribution is -0.141. The van der Waals surface area contributed by atoms with E-state index < -0.39 is 24.0 Å². The lowest BCUT2D eigenvalue weighted by Crippen LogP contribution is -2.33. The Morgan fingerprint density at radius 2 is 2.00 bits per heavy atom. The van der Waals surface area contributed by atoms with Gasteiger partial charge < -0.3 is 9.72 Å². The zero-order chi connectivity index (χ0) is 24.9. The molecule has 0 radical (unpaired) electrons. The van der Waals surface area contributed by atoms with Crippen molar-refractivity contribution in [2.45, 2.75) is 12.7 Å². The van der Waals surface area contributed by atoms with Gasteiger partial charge in [0, 0.05) is 22.0 Å². The van der Waals surface area contributed by atoms with Gasteiger partial charge in [-0.05, 0) is 24.3 Å². The van der Waals surface area contributed by atoms with Crippen LogP contribution in [0.2, 0.25) is 0 Å². The number of methoxy groups -OCH3 is 1. The van der Waals surface area contributed by atoms with Crippen LogP contribution in [0.15, 0.2) is 52.4 Å². The van der Waals surface area contributed by atoms with Crippen LogP contribution in [-0.2, 0) is 6.54 Å². The second kappa shape index (κ2) is 8.10. The molecular weight excluding hydrogens is 485 g/mol. The number of nitriles is 1. The van der Waals surface area contributed by atoms with Crippen LogP contribution < -0.4 is 16.0 Å². The maximum atomic E-state index is 13.4. The van der Waals surface area contributed by atoms with Crippen LogP contribution in [0.1, 0.15) is 5.56 Å². The molecule has 176 valence electrons. The maximum Gasteiger partial charge on any atom is 0.408 e. The maximum absolute atomic E-state index is 13.4. The van der Waals surface area contributed by atoms with Crippen molar-refractivity contribution in [2.75, 3.05) is 7.11 Å². The van der Waals surface area contributed by atoms with E-state index in [9.17, 15) is 28.0 Å². The Kier molecular flexibility index (Phi) is 5.17. The van der Waals surface area contributed by atoms with E-state index >= 15 is 0 Å². The summed E-state index contributed by atoms with van der Waals surface area (Å²) >= 11 is 1.03. The van der Waals surface area contributed by atoms with Gasteiger partial charge in [0.05, 0.1) is 47.9 Å². The molecule has 0 amide bonds. The molecule has 35 heavy (non-hydrogen) atoms. The number of hydrogen-bond donors (Lipinski definition) is 1. The number of nitrogens with one attached hydrogen (secondary N) is 1. The van der Waals surface area contributed by atoms with Gasteiger partial charge in [0.15, 0.2) is 0 Å². The van der Waals surface area contributed by atoms with E-state index in [2.05, 4.69) is 21.1 Å². The van der Waals surface area contributed by atoms with Gasteiger partial charge in [-0.15, -0.1) is 11.3 Å². The van der Waals surface area contributed by atoms with Crippen molar-refractivity contribution >= 4 is 32.5 Å². The minimum Gasteiger partial charge on any atom is -0.497 e. The lowest BCUT2D eigenvalue weighted by Gasteiger charge is -2.11. The first-order valence-electron chi connectivity index (χ1n) is 9.94. The van der Waals surface area contributed by atoms with Crippen LogP contribution in [0.4, 0.5) is 13.2 Å². The van der Waals surface area contributed by atoms with Crippen molar-refractivity contribution in [1.82, 2.24) is 24.3 Å². The summed E-state index contributed by atoms with van der Waals surface area (Å²) in [5, 5.41) is 13.5. The third kappa shape index (κ3) is 3.83. The molecule has 5 aromatic rings. The van der Waals surface area contributed by atoms with E-state index in [4.69, 9.17) is 4.74 Å². The lowest BCUT2D eigenvalue weighted by atomic mass is 10.1. The number of alkyl halides is 3. The Morgan fingerprint density at radius 3 is 2.71 bits per heavy atom. The molecule has 9 nitrogen and oxygen atoms in total. The Bertz CT molecular complexity index is 1770. The predicted octanol–water partition coefficient (Wildman–Crippen LogP) is 3.59. The highest BCUT2D eigenvalue weighted by Gasteiger charge is 2.30. The highest BCUT2D eigenvalue weighted by atomic mass is 32.1. The van der Waals surface area contributed by atoms with E-state index in [1.807, 2.05) is 0 Å². The monoisotopic (exact) mass is 498 g/mol. The summed E-state index contributed by atoms with van der Waals surface area (Å²) in [5.74, 6) is 0.498. The second-order valence-corrected chi connectivity index (χ2v) is 8.51. The fraction of sp³-hybridized carbons (Fsp3) is 0.136. The molecule has 0 saturated heterocycles. The Labute approximate surface area is 197 Å². The molecule has 0 unspecified atom stereocenters. The smallest absolute Gasteiger partial charge is 0.408 e. The molecule has 4 aromatic heterocycles. The Hall–Kier alpha value is -4.44. The van der Waals surface area contributed by atoms with Gasteiger partial charge in [0.1, 0.15) is 17.0 Å². The molecule has 5 rings (SSSR count). The number of H-pyrrole nitrogens is 1. The van der Waals surface area contributed by atoms with Gasteiger partial charge in [-0.3, -0.25) is 14.5 Å². The van der Waals surface area contributed by atoms with Crippen molar-refractivity contribution < 1.29 is 17.9 Å². The van der Waals surface area contributed by atoms with Gasteiger partial charge in [-0.2, -0.15) is 23.5 Å². The molecule has 0 spiro atoms. The van der Waals surface area contributed by atoms with Crippen molar-refractivity contribution in [3.63, 3.8) is 0 Å². The first-order chi connectivity index (χ1) is 16.7. The summed E-state index contributed by atoms with van der Waals surface area (Å²) in [6.45, 7) is -1.40. The second-order valence-electron chi connectivity index (χ2n) is 7.46. The topological polar surface area (TPSA) is 119 Å². The van der Waals surface area contributed by atoms with Crippen LogP contribution in [0.3, 0.4) is 0 Å². The first-order valence-corrected chi connectivity index (χ1v) is 10.8. The fourth-order valence-corrected chi connectivity index (χ4v) is 4.86. The number of halogens is 3. The molecule has 0 aliphatic rings. The predicted molar refractivity (Wildman–Crippen MR) is 122 cm³/mol. The fourth-order valence-electron chi connectivity index (χ4n) is 3.79. The van der Waals surface area contributed by atoms with E-state index in [0.29, 0.717) is 26.4 Å². The standard InChI is InChI=1S/C22H13F3N6O3S/c1-34-13-3-2-11(6-26)14(4-13)17-5-15-19(35-17)20(32)31(21(33)29-15)16-9-27-7-12-8-28-30(18(12)16)10-22(23,24)25/h2-5,7-9H,10H2,1H3,(H,29,33). The number of ether oxygens (including phenoxy) is 1. The molecule has 0 saturated carbocycles. The van der Waals surface area contributed by atoms with Gasteiger partial charge >= 0.3 is 11.9 Å². The summed E-state index contributed by atoms with van der Waals surface area (Å²) in [6, 6.07) is 8.49. The summed E-state index contributed by atoms with van der Waals surface area (Å²) in [4.78, 5) is 33.5. The number of fused-ring (bicyclic) bond motifs is 2. The van der Waals surface area contributed by atoms with E-state index in [-0.39, 0.29) is 26.8 Å². The Morgan fingerprint density at radius 1 is 1.20 bits per heavy atom. The van der Waals surface area contributed by atoms with Crippen LogP contribution in [0.5, 0.6) is 5.75 Å². The number of hydrogen-bond acceptors (Lipinski definition) is 7. The summed E-state index contributed by atoms with van der Waals surface area (Å²) in [7, 11) is 1.48. The first kappa shape index (κ1) is 22.4. The Balaban J connectivity index is 1.75. The van der Waals surface area contributed by atoms with E-state index in [1.54, 1.807) is 24.3 Å². The number of pyridine rings is 1. The molecule has 4 heterocycles. The molecule has 0 atom stereocenters. The van der Waals surface area contributed by atoms with E-state index in [0.717, 1.165) is 22.1 Å². The summed E-state index contributed by atoms with van der Waals surface area (Å²) < 4.78 is 46.0. The van der Waals surface area contributed by atoms with Crippen LogP contribution in [-0.4, -0.2) is 37.6 Å². The van der Waals surface area contributed by atoms with Crippen LogP contribution in [0, 0.1) is 11.3 Å². The van der Waals surface area contributed by atoms with Gasteiger partial charge in [-0.25, -0.2) is 9.36 Å². The number of aromatic amines is 1. The van der Waals surface area contributed by atoms with Crippen molar-refractivity contribution in [3.05, 3.63) is 69.3 Å². The highest BCUT2D eigenvalue weighted by Crippen LogP contribution is 2.35. The number of benzene rings is 1. The van der Waals surface area contributed by atoms with Crippen molar-refractivity contribution in [3.8, 4) is 27.9 Å². The third-order valence-corrected chi connectivity index (χ3v) is 6.43. The van der Waals surface area contributed by atoms with Crippen LogP contribution >= 0.6 is 11.3 Å². The largest absolute Gasteiger partial charge is 0.497 e. The SMILES string of the molecule is COc1ccc(C#N)c(-c2cc3[nH]c(=O)n(-c4cncc5cnn(CC(F)(F)F)c45)c(=O)c3s2)c1. The van der Waals surface area contributed by atoms with Crippen molar-refractivity contribution in [2.24, 2.45) is 0 Å². The number of nitrogens with zero attached hydrogens (tertiary/aromatic N) is 5. The molecule has 0 fully saturated rings. The quantitative estimate of drug-likeness (QED) is 0.405. The normalized spacial score (nSPS) is 11.7. The van der Waals surface area contributed by atoms with Gasteiger partial charge in [0.2, 0.25) is 0 Å². The van der Waals surface area contributed by atoms with Crippen LogP contribution in [0.25, 0.3) is 37.2 Å². The van der Waals surface area contributed by atoms with Crippen molar-refractivity contribution in [1.29, 1.82) is 5.26 Å². The molecule has 13 heteroatoms. The molecule has 0 bridgehead atoms. The number of thiophene rings is 1. The average molecular weight is 498 g/mol. The summed E-state index contributed by atoms with van der Waals surface area (Å²) in [5.41, 5.74) is -0.710. The number of rotatable bonds is 4. The third-order valence-electron chi connectivity index (χ3n) is 5.28. The highest BCUT2D eigenvalue weighted by molar-refractivity contribution is 7.22. The zero-order valence-electron chi connectivity index (χ0n) is 17.8. The minimum absolute atomic E-state index is 0.0550. The molecular formula is C22H13F3N6O3S. The minimum atomic E-state index is -4.57. The summed E-state index contributed by atoms with van der Waals surface area (Å²) in [6.07, 6.45) is -0.945. The molecule has 0 aliphatic heterocycles. The van der Waals surface area contributed by atoms with E-state index in [1.165, 1.54) is 19.5 Å². The van der Waals surface area contributed by atoms with Gasteiger partial charge in [-0.1, -0.05) is 0 Å². The molecule has 1 N–H and O–H groups in total. The molecule has 0 aliphatic carbocycles. The number of aromatic nitrogens is 5. The van der Waals surface area contributed by atoms with Gasteiger partial charge in [0.25, 0.3) is 5.56 Å².